The van der Waals surface area contributed by atoms with E-state index in [4.69, 9.17) is 4.74 Å². The number of allylic oxidation sites excluding steroid dienone is 3. The summed E-state index contributed by atoms with van der Waals surface area (Å²) in [7, 11) is 1.03. The van der Waals surface area contributed by atoms with E-state index in [0.717, 1.165) is 34.9 Å². The molecule has 0 heterocycles. The van der Waals surface area contributed by atoms with Crippen molar-refractivity contribution < 1.29 is 17.9 Å². The van der Waals surface area contributed by atoms with Crippen LogP contribution in [-0.2, 0) is 14.8 Å². The molecule has 0 aromatic carbocycles. The van der Waals surface area contributed by atoms with Gasteiger partial charge in [0, 0.05) is 21.1 Å². The fraction of sp³-hybridized carbons (Fsp3) is 0.688. The van der Waals surface area contributed by atoms with Crippen molar-refractivity contribution in [1.29, 1.82) is 0 Å². The van der Waals surface area contributed by atoms with Gasteiger partial charge < -0.3 is 9.64 Å². The summed E-state index contributed by atoms with van der Waals surface area (Å²) in [5, 5.41) is 0. The molecule has 0 aromatic heterocycles. The Morgan fingerprint density at radius 1 is 1.33 bits per heavy atom. The predicted octanol–water partition coefficient (Wildman–Crippen LogP) is 3.45. The zero-order chi connectivity index (χ0) is 18.3. The molecule has 1 rings (SSSR count). The first-order valence-corrected chi connectivity index (χ1v) is 10.5. The highest BCUT2D eigenvalue weighted by Crippen LogP contribution is 2.31. The molecule has 138 valence electrons. The average molecular weight is 377 g/mol. The second kappa shape index (κ2) is 9.48. The van der Waals surface area contributed by atoms with Gasteiger partial charge in [-0.1, -0.05) is 38.8 Å². The molecule has 24 heavy (non-hydrogen) atoms. The molecule has 0 aliphatic heterocycles. The molecule has 0 aromatic rings. The highest BCUT2D eigenvalue weighted by molar-refractivity contribution is 8.09. The van der Waals surface area contributed by atoms with Crippen molar-refractivity contribution in [3.8, 4) is 0 Å². The highest BCUT2D eigenvalue weighted by Gasteiger charge is 2.26. The van der Waals surface area contributed by atoms with Gasteiger partial charge in [-0.3, -0.25) is 0 Å². The Labute approximate surface area is 150 Å². The van der Waals surface area contributed by atoms with Gasteiger partial charge in [0.2, 0.25) is 0 Å². The van der Waals surface area contributed by atoms with Crippen molar-refractivity contribution in [2.75, 3.05) is 27.1 Å². The average Bonchev–Trinajstić information content (AvgIpc) is 2.56. The summed E-state index contributed by atoms with van der Waals surface area (Å²) in [6, 6.07) is 0. The predicted molar refractivity (Wildman–Crippen MR) is 98.7 cm³/mol. The molecule has 0 radical (unpaired) electrons. The summed E-state index contributed by atoms with van der Waals surface area (Å²) in [5.41, 5.74) is 0. The Morgan fingerprint density at radius 2 is 1.96 bits per heavy atom. The molecule has 0 N–H and O–H groups in total. The van der Waals surface area contributed by atoms with Crippen molar-refractivity contribution in [3.63, 3.8) is 0 Å². The van der Waals surface area contributed by atoms with E-state index in [0.29, 0.717) is 16.7 Å². The summed E-state index contributed by atoms with van der Waals surface area (Å²) in [6.07, 6.45) is 7.92. The Kier molecular flexibility index (Phi) is 8.32. The smallest absolute Gasteiger partial charge is 0.410 e. The summed E-state index contributed by atoms with van der Waals surface area (Å²) >= 11 is 0.940. The first-order chi connectivity index (χ1) is 11.2. The van der Waals surface area contributed by atoms with E-state index in [1.54, 1.807) is 26.2 Å². The van der Waals surface area contributed by atoms with Crippen molar-refractivity contribution in [3.05, 3.63) is 23.1 Å². The van der Waals surface area contributed by atoms with E-state index in [1.165, 1.54) is 11.9 Å². The summed E-state index contributed by atoms with van der Waals surface area (Å²) in [4.78, 5) is 12.9. The fourth-order valence-electron chi connectivity index (χ4n) is 2.55. The van der Waals surface area contributed by atoms with Crippen LogP contribution in [-0.4, -0.2) is 50.2 Å². The second-order valence-electron chi connectivity index (χ2n) is 5.91. The molecule has 0 saturated carbocycles. The normalized spacial score (nSPS) is 18.0. The number of sulfonamides is 1. The summed E-state index contributed by atoms with van der Waals surface area (Å²) in [6.45, 7) is 4.33. The molecule has 1 aliphatic carbocycles. The molecule has 1 unspecified atom stereocenters. The Morgan fingerprint density at radius 3 is 2.42 bits per heavy atom. The monoisotopic (exact) mass is 376 g/mol. The lowest BCUT2D eigenvalue weighted by Gasteiger charge is -2.25. The third-order valence-corrected chi connectivity index (χ3v) is 7.24. The number of nitrogens with zero attached hydrogens (tertiary/aromatic N) is 2. The Balaban J connectivity index is 2.62. The van der Waals surface area contributed by atoms with Crippen LogP contribution in [0.1, 0.15) is 33.1 Å². The van der Waals surface area contributed by atoms with E-state index in [2.05, 4.69) is 13.8 Å². The van der Waals surface area contributed by atoms with E-state index in [-0.39, 0.29) is 5.94 Å². The van der Waals surface area contributed by atoms with E-state index < -0.39 is 16.1 Å². The second-order valence-corrected chi connectivity index (χ2v) is 9.15. The number of carbonyl (C=O) groups excluding carboxylic acids is 1. The summed E-state index contributed by atoms with van der Waals surface area (Å²) < 4.78 is 31.2. The molecule has 0 bridgehead atoms. The van der Waals surface area contributed by atoms with Crippen LogP contribution < -0.4 is 0 Å². The molecule has 6 nitrogen and oxygen atoms in total. The number of hydrogen-bond donors (Lipinski definition) is 0. The molecular formula is C16H28N2O4S2. The number of amides is 1. The summed E-state index contributed by atoms with van der Waals surface area (Å²) in [5.74, 6) is 0.928. The van der Waals surface area contributed by atoms with Crippen molar-refractivity contribution in [2.24, 2.45) is 11.8 Å². The van der Waals surface area contributed by atoms with Crippen LogP contribution in [0.2, 0.25) is 0 Å². The van der Waals surface area contributed by atoms with Gasteiger partial charge in [0.25, 0.3) is 10.0 Å². The Hall–Kier alpha value is -0.990. The topological polar surface area (TPSA) is 66.9 Å². The first kappa shape index (κ1) is 21.1. The van der Waals surface area contributed by atoms with Crippen LogP contribution in [0, 0.1) is 11.8 Å². The first-order valence-electron chi connectivity index (χ1n) is 8.08. The van der Waals surface area contributed by atoms with Gasteiger partial charge in [-0.2, -0.15) is 0 Å². The minimum atomic E-state index is -3.58. The van der Waals surface area contributed by atoms with E-state index >= 15 is 0 Å². The molecule has 1 atom stereocenters. The fourth-order valence-corrected chi connectivity index (χ4v) is 4.65. The van der Waals surface area contributed by atoms with Crippen molar-refractivity contribution in [1.82, 2.24) is 8.61 Å². The lowest BCUT2D eigenvalue weighted by atomic mass is 9.83. The van der Waals surface area contributed by atoms with Crippen LogP contribution in [0.25, 0.3) is 0 Å². The van der Waals surface area contributed by atoms with Crippen LogP contribution in [0.15, 0.2) is 23.1 Å². The zero-order valence-electron chi connectivity index (χ0n) is 15.1. The number of carbonyl (C=O) groups is 1. The minimum absolute atomic E-state index is 0.0555. The number of ether oxygens (including phenoxy) is 1. The number of hydrogen-bond acceptors (Lipinski definition) is 5. The quantitative estimate of drug-likeness (QED) is 0.479. The maximum absolute atomic E-state index is 12.5. The molecule has 8 heteroatoms. The van der Waals surface area contributed by atoms with Gasteiger partial charge in [-0.25, -0.2) is 13.2 Å². The van der Waals surface area contributed by atoms with Crippen LogP contribution in [0.4, 0.5) is 4.79 Å². The molecular weight excluding hydrogens is 348 g/mol. The maximum Gasteiger partial charge on any atom is 0.410 e. The largest absolute Gasteiger partial charge is 0.437 e. The lowest BCUT2D eigenvalue weighted by molar-refractivity contribution is 0.136. The van der Waals surface area contributed by atoms with E-state index in [1.807, 2.05) is 6.08 Å². The van der Waals surface area contributed by atoms with Gasteiger partial charge in [-0.15, -0.1) is 3.71 Å². The SMILES string of the molecule is CCC(CC)C1C=CC(S(=O)(=O)N(C)SCOC(=O)N(C)C)=CC1. The van der Waals surface area contributed by atoms with Gasteiger partial charge in [0.05, 0.1) is 4.91 Å². The molecule has 1 amide bonds. The maximum atomic E-state index is 12.5. The van der Waals surface area contributed by atoms with Crippen LogP contribution >= 0.6 is 11.9 Å². The van der Waals surface area contributed by atoms with Gasteiger partial charge in [0.1, 0.15) is 0 Å². The van der Waals surface area contributed by atoms with Crippen LogP contribution in [0.5, 0.6) is 0 Å². The Bertz CT molecular complexity index is 581. The third-order valence-electron chi connectivity index (χ3n) is 4.17. The third kappa shape index (κ3) is 5.53. The minimum Gasteiger partial charge on any atom is -0.437 e. The lowest BCUT2D eigenvalue weighted by Crippen LogP contribution is -2.26. The molecule has 0 spiro atoms. The zero-order valence-corrected chi connectivity index (χ0v) is 16.7. The number of rotatable bonds is 8. The van der Waals surface area contributed by atoms with Gasteiger partial charge in [-0.05, 0) is 36.3 Å². The van der Waals surface area contributed by atoms with Gasteiger partial charge >= 0.3 is 6.09 Å². The van der Waals surface area contributed by atoms with Gasteiger partial charge in [0.15, 0.2) is 5.94 Å². The molecule has 1 aliphatic rings. The highest BCUT2D eigenvalue weighted by atomic mass is 32.3. The molecule has 0 fully saturated rings. The van der Waals surface area contributed by atoms with E-state index in [9.17, 15) is 13.2 Å². The standard InChI is InChI=1S/C16H28N2O4S2/c1-6-13(7-2)14-8-10-15(11-9-14)24(20,21)18(5)23-12-22-16(19)17(3)4/h8,10-11,13-14H,6-7,9,12H2,1-5H3. The molecule has 0 saturated heterocycles. The van der Waals surface area contributed by atoms with Crippen molar-refractivity contribution in [2.45, 2.75) is 33.1 Å². The van der Waals surface area contributed by atoms with Crippen LogP contribution in [0.3, 0.4) is 0 Å². The van der Waals surface area contributed by atoms with Crippen molar-refractivity contribution >= 4 is 28.1 Å².